The van der Waals surface area contributed by atoms with E-state index in [4.69, 9.17) is 5.11 Å². The third-order valence-electron chi connectivity index (χ3n) is 2.86. The number of likely N-dealkylation sites (N-methyl/N-ethyl adjacent to an activating group) is 1. The van der Waals surface area contributed by atoms with Gasteiger partial charge in [0, 0.05) is 12.6 Å². The normalized spacial score (nSPS) is 12.7. The van der Waals surface area contributed by atoms with E-state index in [0.717, 1.165) is 18.5 Å². The third-order valence-corrected chi connectivity index (χ3v) is 2.86. The maximum Gasteiger partial charge on any atom is 0.304 e. The molecule has 0 saturated heterocycles. The molecule has 1 atom stereocenters. The van der Waals surface area contributed by atoms with Gasteiger partial charge in [-0.25, -0.2) is 4.39 Å². The van der Waals surface area contributed by atoms with Crippen LogP contribution in [0.5, 0.6) is 0 Å². The maximum absolute atomic E-state index is 12.9. The molecule has 0 aliphatic carbocycles. The van der Waals surface area contributed by atoms with Gasteiger partial charge in [-0.1, -0.05) is 12.1 Å². The Morgan fingerprint density at radius 3 is 2.82 bits per heavy atom. The van der Waals surface area contributed by atoms with Crippen LogP contribution in [0.25, 0.3) is 0 Å². The van der Waals surface area contributed by atoms with Crippen LogP contribution in [-0.4, -0.2) is 35.6 Å². The van der Waals surface area contributed by atoms with Crippen molar-refractivity contribution in [2.75, 3.05) is 13.6 Å². The summed E-state index contributed by atoms with van der Waals surface area (Å²) >= 11 is 0. The molecular weight excluding hydrogens is 221 g/mol. The number of carboxylic acid groups (broad SMARTS) is 1. The summed E-state index contributed by atoms with van der Waals surface area (Å²) in [7, 11) is 1.88. The monoisotopic (exact) mass is 239 g/mol. The molecule has 0 bridgehead atoms. The van der Waals surface area contributed by atoms with Crippen molar-refractivity contribution >= 4 is 5.97 Å². The molecule has 0 radical (unpaired) electrons. The first-order valence-electron chi connectivity index (χ1n) is 5.65. The number of hydrogen-bond donors (Lipinski definition) is 1. The Kier molecular flexibility index (Phi) is 5.10. The van der Waals surface area contributed by atoms with Gasteiger partial charge in [0.15, 0.2) is 0 Å². The zero-order chi connectivity index (χ0) is 12.8. The van der Waals surface area contributed by atoms with Gasteiger partial charge in [0.2, 0.25) is 0 Å². The van der Waals surface area contributed by atoms with Crippen molar-refractivity contribution in [3.8, 4) is 0 Å². The molecule has 1 rings (SSSR count). The van der Waals surface area contributed by atoms with Gasteiger partial charge in [-0.3, -0.25) is 4.79 Å². The van der Waals surface area contributed by atoms with E-state index in [9.17, 15) is 9.18 Å². The Morgan fingerprint density at radius 1 is 1.53 bits per heavy atom. The molecule has 0 aliphatic rings. The average Bonchev–Trinajstić information content (AvgIpc) is 2.25. The number of rotatable bonds is 6. The Hall–Kier alpha value is -1.42. The van der Waals surface area contributed by atoms with E-state index in [2.05, 4.69) is 0 Å². The molecule has 0 heterocycles. The highest BCUT2D eigenvalue weighted by Gasteiger charge is 2.12. The van der Waals surface area contributed by atoms with E-state index in [1.54, 1.807) is 6.07 Å². The van der Waals surface area contributed by atoms with Gasteiger partial charge in [-0.05, 0) is 38.1 Å². The Balaban J connectivity index is 2.42. The number of carbonyl (C=O) groups is 1. The second-order valence-electron chi connectivity index (χ2n) is 4.31. The van der Waals surface area contributed by atoms with Crippen LogP contribution in [0.4, 0.5) is 4.39 Å². The molecule has 1 N–H and O–H groups in total. The van der Waals surface area contributed by atoms with Gasteiger partial charge in [0.05, 0.1) is 6.42 Å². The second-order valence-corrected chi connectivity index (χ2v) is 4.31. The topological polar surface area (TPSA) is 40.5 Å². The van der Waals surface area contributed by atoms with Crippen molar-refractivity contribution in [2.24, 2.45) is 0 Å². The van der Waals surface area contributed by atoms with E-state index in [-0.39, 0.29) is 18.3 Å². The van der Waals surface area contributed by atoms with Crippen LogP contribution in [0.15, 0.2) is 24.3 Å². The maximum atomic E-state index is 12.9. The molecule has 0 fully saturated rings. The summed E-state index contributed by atoms with van der Waals surface area (Å²) in [5, 5.41) is 8.68. The lowest BCUT2D eigenvalue weighted by Gasteiger charge is -2.23. The van der Waals surface area contributed by atoms with Crippen molar-refractivity contribution in [1.82, 2.24) is 4.90 Å². The van der Waals surface area contributed by atoms with Gasteiger partial charge in [-0.2, -0.15) is 0 Å². The molecule has 1 unspecified atom stereocenters. The smallest absolute Gasteiger partial charge is 0.304 e. The number of halogens is 1. The average molecular weight is 239 g/mol. The molecule has 0 spiro atoms. The van der Waals surface area contributed by atoms with E-state index < -0.39 is 5.97 Å². The Labute approximate surface area is 101 Å². The number of hydrogen-bond acceptors (Lipinski definition) is 2. The van der Waals surface area contributed by atoms with Crippen LogP contribution in [-0.2, 0) is 11.2 Å². The molecule has 0 aromatic heterocycles. The number of nitrogens with zero attached hydrogens (tertiary/aromatic N) is 1. The summed E-state index contributed by atoms with van der Waals surface area (Å²) < 4.78 is 12.9. The number of carboxylic acids is 1. The van der Waals surface area contributed by atoms with E-state index in [0.29, 0.717) is 0 Å². The Bertz CT molecular complexity index is 381. The first-order chi connectivity index (χ1) is 7.99. The van der Waals surface area contributed by atoms with Gasteiger partial charge < -0.3 is 10.0 Å². The molecule has 94 valence electrons. The molecule has 4 heteroatoms. The first kappa shape index (κ1) is 13.6. The highest BCUT2D eigenvalue weighted by Crippen LogP contribution is 2.07. The molecule has 3 nitrogen and oxygen atoms in total. The highest BCUT2D eigenvalue weighted by atomic mass is 19.1. The largest absolute Gasteiger partial charge is 0.481 e. The van der Waals surface area contributed by atoms with E-state index in [1.807, 2.05) is 24.9 Å². The molecule has 1 aromatic rings. The standard InChI is InChI=1S/C13H18FNO2/c1-10(8-13(16)17)15(2)7-6-11-4-3-5-12(14)9-11/h3-5,9-10H,6-8H2,1-2H3,(H,16,17). The molecule has 0 aliphatic heterocycles. The molecular formula is C13H18FNO2. The highest BCUT2D eigenvalue weighted by molar-refractivity contribution is 5.67. The molecule has 17 heavy (non-hydrogen) atoms. The van der Waals surface area contributed by atoms with Crippen LogP contribution in [0.3, 0.4) is 0 Å². The van der Waals surface area contributed by atoms with Gasteiger partial charge in [-0.15, -0.1) is 0 Å². The van der Waals surface area contributed by atoms with Crippen LogP contribution in [0, 0.1) is 5.82 Å². The lowest BCUT2D eigenvalue weighted by atomic mass is 10.1. The zero-order valence-corrected chi connectivity index (χ0v) is 10.2. The van der Waals surface area contributed by atoms with Gasteiger partial charge >= 0.3 is 5.97 Å². The lowest BCUT2D eigenvalue weighted by Crippen LogP contribution is -2.32. The minimum Gasteiger partial charge on any atom is -0.481 e. The summed E-state index contributed by atoms with van der Waals surface area (Å²) in [5.74, 6) is -1.03. The summed E-state index contributed by atoms with van der Waals surface area (Å²) in [6, 6.07) is 6.47. The SMILES string of the molecule is CC(CC(=O)O)N(C)CCc1cccc(F)c1. The molecule has 1 aromatic carbocycles. The predicted octanol–water partition coefficient (Wildman–Crippen LogP) is 2.16. The van der Waals surface area contributed by atoms with E-state index in [1.165, 1.54) is 12.1 Å². The number of benzene rings is 1. The summed E-state index contributed by atoms with van der Waals surface area (Å²) in [4.78, 5) is 12.5. The van der Waals surface area contributed by atoms with Gasteiger partial charge in [0.1, 0.15) is 5.82 Å². The van der Waals surface area contributed by atoms with Crippen LogP contribution >= 0.6 is 0 Å². The fourth-order valence-corrected chi connectivity index (χ4v) is 1.63. The minimum atomic E-state index is -0.796. The zero-order valence-electron chi connectivity index (χ0n) is 10.2. The Morgan fingerprint density at radius 2 is 2.24 bits per heavy atom. The van der Waals surface area contributed by atoms with Crippen molar-refractivity contribution in [1.29, 1.82) is 0 Å². The van der Waals surface area contributed by atoms with Crippen molar-refractivity contribution in [2.45, 2.75) is 25.8 Å². The van der Waals surface area contributed by atoms with Crippen LogP contribution < -0.4 is 0 Å². The first-order valence-corrected chi connectivity index (χ1v) is 5.65. The van der Waals surface area contributed by atoms with Gasteiger partial charge in [0.25, 0.3) is 0 Å². The summed E-state index contributed by atoms with van der Waals surface area (Å²) in [6.07, 6.45) is 0.845. The van der Waals surface area contributed by atoms with E-state index >= 15 is 0 Å². The number of aliphatic carboxylic acids is 1. The van der Waals surface area contributed by atoms with Crippen molar-refractivity contribution < 1.29 is 14.3 Å². The fraction of sp³-hybridized carbons (Fsp3) is 0.462. The lowest BCUT2D eigenvalue weighted by molar-refractivity contribution is -0.138. The quantitative estimate of drug-likeness (QED) is 0.827. The predicted molar refractivity (Wildman–Crippen MR) is 64.4 cm³/mol. The van der Waals surface area contributed by atoms with Crippen molar-refractivity contribution in [3.05, 3.63) is 35.6 Å². The third kappa shape index (κ3) is 4.95. The molecule has 0 amide bonds. The van der Waals surface area contributed by atoms with Crippen LogP contribution in [0.2, 0.25) is 0 Å². The molecule has 0 saturated carbocycles. The second kappa shape index (κ2) is 6.35. The van der Waals surface area contributed by atoms with Crippen LogP contribution in [0.1, 0.15) is 18.9 Å². The van der Waals surface area contributed by atoms with Crippen molar-refractivity contribution in [3.63, 3.8) is 0 Å². The fourth-order valence-electron chi connectivity index (χ4n) is 1.63. The minimum absolute atomic E-state index is 0.0129. The summed E-state index contributed by atoms with van der Waals surface area (Å²) in [5.41, 5.74) is 0.930. The summed E-state index contributed by atoms with van der Waals surface area (Å²) in [6.45, 7) is 2.59.